The van der Waals surface area contributed by atoms with Gasteiger partial charge in [0, 0.05) is 13.1 Å². The van der Waals surface area contributed by atoms with Crippen LogP contribution in [0.4, 0.5) is 4.79 Å². The standard InChI is InChI=1S/C32H47N3O8S/c1-32(2,16-17-34(3)4)22-35(44(38,39)25-13-11-24(40-5)12-14-25)20-28(36)27(19-23-9-7-6-8-10-23)33-31(37)43-29-21-42-30-26(29)15-18-41-30/h6-14,26-30,36H,15-22H2,1-5H3,(H,33,37)/t26?,27-,28-,29?,30?/m0/s1. The number of hydrogen-bond acceptors (Lipinski definition) is 9. The maximum Gasteiger partial charge on any atom is 0.407 e. The van der Waals surface area contributed by atoms with Gasteiger partial charge in [-0.05, 0) is 75.1 Å². The molecule has 244 valence electrons. The van der Waals surface area contributed by atoms with E-state index in [1.54, 1.807) is 12.1 Å². The maximum absolute atomic E-state index is 14.0. The number of carbonyl (C=O) groups excluding carboxylic acids is 1. The average molecular weight is 634 g/mol. The molecule has 0 aliphatic carbocycles. The van der Waals surface area contributed by atoms with Crippen LogP contribution in [0.1, 0.15) is 32.3 Å². The molecule has 0 saturated carbocycles. The predicted octanol–water partition coefficient (Wildman–Crippen LogP) is 3.12. The van der Waals surface area contributed by atoms with Crippen LogP contribution < -0.4 is 10.1 Å². The summed E-state index contributed by atoms with van der Waals surface area (Å²) in [6, 6.07) is 14.8. The number of aliphatic hydroxyl groups is 1. The van der Waals surface area contributed by atoms with Gasteiger partial charge in [0.15, 0.2) is 6.29 Å². The van der Waals surface area contributed by atoms with Gasteiger partial charge in [-0.25, -0.2) is 13.2 Å². The largest absolute Gasteiger partial charge is 0.497 e. The SMILES string of the molecule is COc1ccc(S(=O)(=O)N(C[C@H](O)[C@H](Cc2ccccc2)NC(=O)OC2COC3OCCC23)CC(C)(C)CCN(C)C)cc1. The normalized spacial score (nSPS) is 21.7. The van der Waals surface area contributed by atoms with Crippen LogP contribution in [-0.2, 0) is 30.7 Å². The number of ether oxygens (including phenoxy) is 4. The third kappa shape index (κ3) is 9.15. The molecule has 44 heavy (non-hydrogen) atoms. The summed E-state index contributed by atoms with van der Waals surface area (Å²) in [6.07, 6.45) is -1.02. The highest BCUT2D eigenvalue weighted by atomic mass is 32.2. The molecule has 4 rings (SSSR count). The third-order valence-electron chi connectivity index (χ3n) is 8.24. The lowest BCUT2D eigenvalue weighted by Crippen LogP contribution is -2.52. The van der Waals surface area contributed by atoms with Crippen molar-refractivity contribution in [2.45, 2.75) is 62.5 Å². The first-order valence-electron chi connectivity index (χ1n) is 15.1. The van der Waals surface area contributed by atoms with E-state index in [9.17, 15) is 18.3 Å². The molecule has 0 bridgehead atoms. The van der Waals surface area contributed by atoms with E-state index in [4.69, 9.17) is 18.9 Å². The van der Waals surface area contributed by atoms with Crippen molar-refractivity contribution in [1.82, 2.24) is 14.5 Å². The first-order chi connectivity index (χ1) is 20.9. The average Bonchev–Trinajstić information content (AvgIpc) is 3.61. The molecule has 11 nitrogen and oxygen atoms in total. The van der Waals surface area contributed by atoms with Gasteiger partial charge in [0.2, 0.25) is 10.0 Å². The molecule has 12 heteroatoms. The molecule has 1 amide bonds. The third-order valence-corrected chi connectivity index (χ3v) is 10.1. The lowest BCUT2D eigenvalue weighted by molar-refractivity contribution is -0.0907. The fourth-order valence-corrected chi connectivity index (χ4v) is 7.23. The second-order valence-corrected chi connectivity index (χ2v) is 14.6. The van der Waals surface area contributed by atoms with Gasteiger partial charge >= 0.3 is 6.09 Å². The quantitative estimate of drug-likeness (QED) is 0.304. The van der Waals surface area contributed by atoms with Crippen molar-refractivity contribution in [2.75, 3.05) is 54.1 Å². The summed E-state index contributed by atoms with van der Waals surface area (Å²) >= 11 is 0. The second-order valence-electron chi connectivity index (χ2n) is 12.7. The second kappa shape index (κ2) is 15.0. The predicted molar refractivity (Wildman–Crippen MR) is 166 cm³/mol. The van der Waals surface area contributed by atoms with Crippen LogP contribution in [-0.4, -0.2) is 107 Å². The fourth-order valence-electron chi connectivity index (χ4n) is 5.58. The van der Waals surface area contributed by atoms with E-state index in [1.165, 1.54) is 23.5 Å². The molecule has 2 saturated heterocycles. The minimum atomic E-state index is -4.03. The van der Waals surface area contributed by atoms with E-state index >= 15 is 0 Å². The molecule has 2 heterocycles. The number of alkyl carbamates (subject to hydrolysis) is 1. The van der Waals surface area contributed by atoms with Crippen LogP contribution in [0.2, 0.25) is 0 Å². The highest BCUT2D eigenvalue weighted by molar-refractivity contribution is 7.89. The van der Waals surface area contributed by atoms with Crippen LogP contribution in [0.15, 0.2) is 59.5 Å². The maximum atomic E-state index is 14.0. The topological polar surface area (TPSA) is 127 Å². The van der Waals surface area contributed by atoms with Crippen molar-refractivity contribution in [3.8, 4) is 5.75 Å². The lowest BCUT2D eigenvalue weighted by Gasteiger charge is -2.35. The Morgan fingerprint density at radius 1 is 1.11 bits per heavy atom. The molecule has 2 aliphatic heterocycles. The molecule has 5 atom stereocenters. The zero-order valence-electron chi connectivity index (χ0n) is 26.3. The molecule has 2 aromatic carbocycles. The Labute approximate surface area is 261 Å². The number of amides is 1. The number of hydrogen-bond donors (Lipinski definition) is 2. The van der Waals surface area contributed by atoms with Crippen LogP contribution in [0.5, 0.6) is 5.75 Å². The van der Waals surface area contributed by atoms with Crippen molar-refractivity contribution in [3.63, 3.8) is 0 Å². The van der Waals surface area contributed by atoms with Crippen LogP contribution in [0.3, 0.4) is 0 Å². The van der Waals surface area contributed by atoms with Gasteiger partial charge in [-0.3, -0.25) is 0 Å². The van der Waals surface area contributed by atoms with E-state index in [1.807, 2.05) is 58.3 Å². The van der Waals surface area contributed by atoms with Crippen LogP contribution in [0.25, 0.3) is 0 Å². The minimum Gasteiger partial charge on any atom is -0.497 e. The van der Waals surface area contributed by atoms with Crippen LogP contribution >= 0.6 is 0 Å². The Morgan fingerprint density at radius 2 is 1.82 bits per heavy atom. The molecule has 2 fully saturated rings. The monoisotopic (exact) mass is 633 g/mol. The summed E-state index contributed by atoms with van der Waals surface area (Å²) in [5.74, 6) is 0.503. The van der Waals surface area contributed by atoms with Gasteiger partial charge < -0.3 is 34.3 Å². The van der Waals surface area contributed by atoms with E-state index in [-0.39, 0.29) is 43.2 Å². The van der Waals surface area contributed by atoms with E-state index in [0.717, 1.165) is 24.9 Å². The fraction of sp³-hybridized carbons (Fsp3) is 0.594. The van der Waals surface area contributed by atoms with Crippen molar-refractivity contribution in [1.29, 1.82) is 0 Å². The van der Waals surface area contributed by atoms with Crippen LogP contribution in [0, 0.1) is 11.3 Å². The molecular weight excluding hydrogens is 586 g/mol. The number of nitrogens with one attached hydrogen (secondary N) is 1. The van der Waals surface area contributed by atoms with Gasteiger partial charge in [0.05, 0.1) is 43.3 Å². The smallest absolute Gasteiger partial charge is 0.407 e. The summed E-state index contributed by atoms with van der Waals surface area (Å²) in [7, 11) is 1.44. The Hall–Kier alpha value is -2.74. The molecule has 3 unspecified atom stereocenters. The van der Waals surface area contributed by atoms with Crippen molar-refractivity contribution < 1.29 is 37.3 Å². The summed E-state index contributed by atoms with van der Waals surface area (Å²) in [4.78, 5) is 15.3. The number of sulfonamides is 1. The van der Waals surface area contributed by atoms with Crippen molar-refractivity contribution in [3.05, 3.63) is 60.2 Å². The molecule has 2 N–H and O–H groups in total. The summed E-state index contributed by atoms with van der Waals surface area (Å²) in [5.41, 5.74) is 0.467. The summed E-state index contributed by atoms with van der Waals surface area (Å²) < 4.78 is 51.5. The number of fused-ring (bicyclic) bond motifs is 1. The van der Waals surface area contributed by atoms with Gasteiger partial charge in [0.25, 0.3) is 0 Å². The molecule has 0 aromatic heterocycles. The first-order valence-corrected chi connectivity index (χ1v) is 16.5. The molecule has 0 spiro atoms. The molecule has 2 aromatic rings. The van der Waals surface area contributed by atoms with Gasteiger partial charge in [-0.2, -0.15) is 4.31 Å². The molecular formula is C32H47N3O8S. The van der Waals surface area contributed by atoms with E-state index in [2.05, 4.69) is 10.2 Å². The number of benzene rings is 2. The number of rotatable bonds is 15. The number of methoxy groups -OCH3 is 1. The number of nitrogens with zero attached hydrogens (tertiary/aromatic N) is 2. The number of carbonyl (C=O) groups is 1. The highest BCUT2D eigenvalue weighted by Crippen LogP contribution is 2.33. The Balaban J connectivity index is 1.56. The lowest BCUT2D eigenvalue weighted by atomic mass is 9.89. The Bertz CT molecular complexity index is 1310. The zero-order valence-corrected chi connectivity index (χ0v) is 27.2. The first kappa shape index (κ1) is 34.1. The minimum absolute atomic E-state index is 0.0345. The molecule has 0 radical (unpaired) electrons. The Morgan fingerprint density at radius 3 is 2.48 bits per heavy atom. The van der Waals surface area contributed by atoms with E-state index < -0.39 is 39.8 Å². The number of aliphatic hydroxyl groups excluding tert-OH is 1. The Kier molecular flexibility index (Phi) is 11.7. The summed E-state index contributed by atoms with van der Waals surface area (Å²) in [6.45, 7) is 5.52. The van der Waals surface area contributed by atoms with Gasteiger partial charge in [-0.1, -0.05) is 44.2 Å². The van der Waals surface area contributed by atoms with Crippen molar-refractivity contribution >= 4 is 16.1 Å². The molecule has 2 aliphatic rings. The van der Waals surface area contributed by atoms with Gasteiger partial charge in [-0.15, -0.1) is 0 Å². The van der Waals surface area contributed by atoms with Gasteiger partial charge in [0.1, 0.15) is 11.9 Å². The zero-order chi connectivity index (χ0) is 31.9. The van der Waals surface area contributed by atoms with E-state index in [0.29, 0.717) is 12.4 Å². The highest BCUT2D eigenvalue weighted by Gasteiger charge is 2.44. The summed E-state index contributed by atoms with van der Waals surface area (Å²) in [5, 5.41) is 14.5. The van der Waals surface area contributed by atoms with Crippen molar-refractivity contribution in [2.24, 2.45) is 11.3 Å².